The quantitative estimate of drug-likeness (QED) is 0.223. The van der Waals surface area contributed by atoms with Crippen molar-refractivity contribution >= 4 is 17.9 Å². The number of nitriles is 1. The van der Waals surface area contributed by atoms with Gasteiger partial charge in [-0.15, -0.1) is 0 Å². The molecular weight excluding hydrogens is 630 g/mol. The van der Waals surface area contributed by atoms with Crippen molar-refractivity contribution < 1.29 is 33.3 Å². The molecule has 1 saturated heterocycles. The van der Waals surface area contributed by atoms with Crippen molar-refractivity contribution in [1.82, 2.24) is 14.9 Å². The highest BCUT2D eigenvalue weighted by Gasteiger charge is 2.41. The van der Waals surface area contributed by atoms with Crippen LogP contribution < -0.4 is 0 Å². The molecule has 1 aromatic carbocycles. The molecule has 0 bridgehead atoms. The highest BCUT2D eigenvalue weighted by Crippen LogP contribution is 2.43. The minimum absolute atomic E-state index is 0.0472. The van der Waals surface area contributed by atoms with E-state index in [0.717, 1.165) is 18.6 Å². The Kier molecular flexibility index (Phi) is 15.3. The van der Waals surface area contributed by atoms with Gasteiger partial charge in [0.1, 0.15) is 29.6 Å². The first kappa shape index (κ1) is 38.1. The number of aliphatic hydroxyl groups excluding tert-OH is 2. The molecule has 9 nitrogen and oxygen atoms in total. The number of aldehydes is 1. The average Bonchev–Trinajstić information content (AvgIpc) is 3.32. The number of nitrogens with zero attached hydrogens (tertiary/aromatic N) is 4. The molecule has 254 valence electrons. The van der Waals surface area contributed by atoms with Crippen LogP contribution in [0.2, 0.25) is 0 Å². The van der Waals surface area contributed by atoms with E-state index in [1.807, 2.05) is 43.4 Å². The number of allylic oxidation sites excluding steroid dienone is 6. The summed E-state index contributed by atoms with van der Waals surface area (Å²) >= 11 is 5.68. The second-order valence-electron chi connectivity index (χ2n) is 11.5. The number of carbonyl (C=O) groups excluding carboxylic acids is 1. The Morgan fingerprint density at radius 3 is 2.49 bits per heavy atom. The number of halogens is 3. The van der Waals surface area contributed by atoms with Gasteiger partial charge in [0.05, 0.1) is 24.3 Å². The Morgan fingerprint density at radius 2 is 1.89 bits per heavy atom. The fraction of sp³-hybridized carbons (Fsp3) is 0.486. The monoisotopic (exact) mass is 672 g/mol. The standard InChI is InChI=1S/C27H32F2N4O4.C7H7Cl.CH4O/c1-3-22(27(29)4-6-36-7-5-27)18-8-19(16-34)25(23(28)9-18)26(37-21-10-20(35)11-21)33(2)15-24-31-13-17(12-30)14-32-24;8-7-5-3-1-2-4-6-7;1-2/h8-9,13-14,16,20-22,26,35H,3-7,10-11,15H2,1-2H3;1-5H,6H2;2H,1H3/t20?,21?,22-,26-;;/m1../s1. The van der Waals surface area contributed by atoms with Gasteiger partial charge in [0.25, 0.3) is 0 Å². The van der Waals surface area contributed by atoms with Crippen molar-refractivity contribution in [1.29, 1.82) is 5.26 Å². The molecule has 0 amide bonds. The number of hydrogen-bond donors (Lipinski definition) is 2. The van der Waals surface area contributed by atoms with Crippen molar-refractivity contribution in [3.8, 4) is 6.07 Å². The van der Waals surface area contributed by atoms with Gasteiger partial charge in [-0.05, 0) is 50.1 Å². The predicted octanol–water partition coefficient (Wildman–Crippen LogP) is 6.22. The maximum absolute atomic E-state index is 15.9. The summed E-state index contributed by atoms with van der Waals surface area (Å²) in [5.41, 5.74) is -0.657. The molecule has 2 atom stereocenters. The van der Waals surface area contributed by atoms with E-state index in [1.165, 1.54) is 18.5 Å². The largest absolute Gasteiger partial charge is 0.400 e. The van der Waals surface area contributed by atoms with Crippen molar-refractivity contribution in [2.75, 3.05) is 27.4 Å². The maximum Gasteiger partial charge on any atom is 0.150 e. The SMILES string of the molecule is CC[C@H](c1cc(F)c([C@@H](OC2CC(O)C2)N(C)Cc2ncc(C#N)cn2)c(C=O)c1)C1(F)CCOCC1.CO.ClC1=CC=CC=CC1. The van der Waals surface area contributed by atoms with Crippen LogP contribution in [0.4, 0.5) is 8.78 Å². The highest BCUT2D eigenvalue weighted by molar-refractivity contribution is 6.29. The number of benzene rings is 1. The van der Waals surface area contributed by atoms with E-state index in [0.29, 0.717) is 55.7 Å². The summed E-state index contributed by atoms with van der Waals surface area (Å²) in [4.78, 5) is 22.3. The van der Waals surface area contributed by atoms with E-state index in [4.69, 9.17) is 31.4 Å². The molecule has 0 unspecified atom stereocenters. The molecule has 1 saturated carbocycles. The highest BCUT2D eigenvalue weighted by atomic mass is 35.5. The molecule has 0 radical (unpaired) electrons. The van der Waals surface area contributed by atoms with E-state index in [2.05, 4.69) is 9.97 Å². The van der Waals surface area contributed by atoms with Crippen molar-refractivity contribution in [2.45, 2.75) is 82.0 Å². The van der Waals surface area contributed by atoms with E-state index >= 15 is 8.78 Å². The summed E-state index contributed by atoms with van der Waals surface area (Å²) in [7, 11) is 2.69. The van der Waals surface area contributed by atoms with Crippen LogP contribution in [0.15, 0.2) is 59.9 Å². The summed E-state index contributed by atoms with van der Waals surface area (Å²) in [6.45, 7) is 2.61. The molecule has 1 aliphatic heterocycles. The summed E-state index contributed by atoms with van der Waals surface area (Å²) in [6.07, 6.45) is 14.0. The molecule has 0 spiro atoms. The summed E-state index contributed by atoms with van der Waals surface area (Å²) in [6, 6.07) is 4.84. The fourth-order valence-electron chi connectivity index (χ4n) is 5.75. The van der Waals surface area contributed by atoms with Crippen molar-refractivity contribution in [3.63, 3.8) is 0 Å². The van der Waals surface area contributed by atoms with Crippen LogP contribution in [0.25, 0.3) is 0 Å². The first-order chi connectivity index (χ1) is 22.7. The van der Waals surface area contributed by atoms with Gasteiger partial charge in [-0.2, -0.15) is 5.26 Å². The minimum atomic E-state index is -1.54. The van der Waals surface area contributed by atoms with Crippen LogP contribution in [0, 0.1) is 17.1 Å². The third kappa shape index (κ3) is 10.6. The number of aromatic nitrogens is 2. The van der Waals surface area contributed by atoms with Gasteiger partial charge in [-0.3, -0.25) is 9.69 Å². The molecule has 3 aliphatic rings. The molecule has 2 fully saturated rings. The van der Waals surface area contributed by atoms with Gasteiger partial charge in [0.2, 0.25) is 0 Å². The number of ether oxygens (including phenoxy) is 2. The first-order valence-corrected chi connectivity index (χ1v) is 16.0. The second kappa shape index (κ2) is 18.8. The molecule has 2 heterocycles. The minimum Gasteiger partial charge on any atom is -0.400 e. The fourth-order valence-corrected chi connectivity index (χ4v) is 5.92. The number of hydrogen-bond acceptors (Lipinski definition) is 9. The Morgan fingerprint density at radius 1 is 1.21 bits per heavy atom. The van der Waals surface area contributed by atoms with Gasteiger partial charge in [0.15, 0.2) is 6.29 Å². The molecule has 47 heavy (non-hydrogen) atoms. The van der Waals surface area contributed by atoms with Crippen LogP contribution in [-0.2, 0) is 16.0 Å². The van der Waals surface area contributed by atoms with Crippen molar-refractivity contribution in [3.05, 3.63) is 93.8 Å². The normalized spacial score (nSPS) is 21.0. The van der Waals surface area contributed by atoms with E-state index in [-0.39, 0.29) is 36.6 Å². The topological polar surface area (TPSA) is 129 Å². The average molecular weight is 673 g/mol. The van der Waals surface area contributed by atoms with Crippen LogP contribution in [0.5, 0.6) is 0 Å². The molecule has 2 aromatic rings. The van der Waals surface area contributed by atoms with Gasteiger partial charge in [0, 0.05) is 74.1 Å². The molecule has 12 heteroatoms. The van der Waals surface area contributed by atoms with Gasteiger partial charge in [-0.25, -0.2) is 18.7 Å². The number of aliphatic hydroxyl groups is 2. The zero-order valence-corrected chi connectivity index (χ0v) is 27.7. The lowest BCUT2D eigenvalue weighted by molar-refractivity contribution is -0.154. The van der Waals surface area contributed by atoms with Crippen LogP contribution in [-0.4, -0.2) is 76.6 Å². The third-order valence-corrected chi connectivity index (χ3v) is 8.56. The van der Waals surface area contributed by atoms with Crippen LogP contribution in [0.3, 0.4) is 0 Å². The second-order valence-corrected chi connectivity index (χ2v) is 12.0. The van der Waals surface area contributed by atoms with Crippen molar-refractivity contribution in [2.24, 2.45) is 0 Å². The lowest BCUT2D eigenvalue weighted by atomic mass is 9.76. The molecule has 1 aromatic heterocycles. The molecular formula is C35H43ClF2N4O5. The van der Waals surface area contributed by atoms with Gasteiger partial charge < -0.3 is 19.7 Å². The summed E-state index contributed by atoms with van der Waals surface area (Å²) in [5.74, 6) is -0.853. The third-order valence-electron chi connectivity index (χ3n) is 8.28. The summed E-state index contributed by atoms with van der Waals surface area (Å²) < 4.78 is 43.2. The zero-order chi connectivity index (χ0) is 34.4. The van der Waals surface area contributed by atoms with E-state index in [9.17, 15) is 9.90 Å². The number of rotatable bonds is 10. The molecule has 2 N–H and O–H groups in total. The first-order valence-electron chi connectivity index (χ1n) is 15.6. The Hall–Kier alpha value is -3.37. The number of alkyl halides is 1. The Balaban J connectivity index is 0.000000518. The predicted molar refractivity (Wildman–Crippen MR) is 175 cm³/mol. The lowest BCUT2D eigenvalue weighted by Crippen LogP contribution is -2.40. The maximum atomic E-state index is 15.9. The Labute approximate surface area is 280 Å². The zero-order valence-electron chi connectivity index (χ0n) is 27.0. The van der Waals surface area contributed by atoms with Gasteiger partial charge >= 0.3 is 0 Å². The van der Waals surface area contributed by atoms with Crippen LogP contribution >= 0.6 is 11.6 Å². The Bertz CT molecular complexity index is 1430. The lowest BCUT2D eigenvalue weighted by Gasteiger charge is -2.39. The van der Waals surface area contributed by atoms with E-state index in [1.54, 1.807) is 18.0 Å². The molecule has 5 rings (SSSR count). The van der Waals surface area contributed by atoms with Gasteiger partial charge in [-0.1, -0.05) is 42.8 Å². The van der Waals surface area contributed by atoms with E-state index < -0.39 is 29.7 Å². The van der Waals surface area contributed by atoms with Crippen LogP contribution in [0.1, 0.15) is 90.5 Å². The smallest absolute Gasteiger partial charge is 0.150 e. The summed E-state index contributed by atoms with van der Waals surface area (Å²) in [5, 5.41) is 26.6. The molecule has 2 aliphatic carbocycles. The number of carbonyl (C=O) groups is 1.